The van der Waals surface area contributed by atoms with Crippen LogP contribution in [0.15, 0.2) is 18.3 Å². The minimum atomic E-state index is -2.80. The average Bonchev–Trinajstić information content (AvgIpc) is 2.78. The summed E-state index contributed by atoms with van der Waals surface area (Å²) in [5.41, 5.74) is 0.961. The van der Waals surface area contributed by atoms with E-state index in [0.29, 0.717) is 15.9 Å². The van der Waals surface area contributed by atoms with Gasteiger partial charge in [-0.3, -0.25) is 9.78 Å². The Morgan fingerprint density at radius 3 is 2.57 bits per heavy atom. The number of ketones is 1. The lowest BCUT2D eigenvalue weighted by Crippen LogP contribution is -2.16. The molecule has 0 saturated heterocycles. The number of halogens is 3. The first kappa shape index (κ1) is 16.7. The zero-order valence-corrected chi connectivity index (χ0v) is 12.4. The second-order valence-corrected chi connectivity index (χ2v) is 4.98. The number of carbonyl (C=O) groups is 1. The highest BCUT2D eigenvalue weighted by atomic mass is 19.3. The number of pyridine rings is 1. The van der Waals surface area contributed by atoms with Crippen molar-refractivity contribution in [2.45, 2.75) is 32.7 Å². The van der Waals surface area contributed by atoms with Gasteiger partial charge in [-0.15, -0.1) is 0 Å². The molecule has 1 atom stereocenters. The van der Waals surface area contributed by atoms with Gasteiger partial charge in [0.15, 0.2) is 5.78 Å². The monoisotopic (exact) mass is 322 g/mol. The van der Waals surface area contributed by atoms with E-state index in [1.165, 1.54) is 19.9 Å². The number of hydrogen-bond donors (Lipinski definition) is 0. The smallest absolute Gasteiger partial charge is 0.297 e. The third kappa shape index (κ3) is 3.39. The van der Waals surface area contributed by atoms with Gasteiger partial charge in [-0.25, -0.2) is 9.07 Å². The number of aryl methyl sites for hydroxylation is 1. The summed E-state index contributed by atoms with van der Waals surface area (Å²) in [7, 11) is 0. The van der Waals surface area contributed by atoms with Crippen molar-refractivity contribution in [1.82, 2.24) is 14.8 Å². The summed E-state index contributed by atoms with van der Waals surface area (Å²) in [5.74, 6) is -2.28. The summed E-state index contributed by atoms with van der Waals surface area (Å²) < 4.78 is 39.0. The van der Waals surface area contributed by atoms with E-state index in [2.05, 4.69) is 10.1 Å². The molecule has 0 bridgehead atoms. The summed E-state index contributed by atoms with van der Waals surface area (Å²) in [5, 5.41) is 12.9. The van der Waals surface area contributed by atoms with E-state index in [1.807, 2.05) is 6.07 Å². The summed E-state index contributed by atoms with van der Waals surface area (Å²) in [6.07, 6.45) is 0.694. The fourth-order valence-corrected chi connectivity index (χ4v) is 2.28. The maximum absolute atomic E-state index is 12.9. The maximum Gasteiger partial charge on any atom is 0.333 e. The summed E-state index contributed by atoms with van der Waals surface area (Å²) in [4.78, 5) is 16.1. The Kier molecular flexibility index (Phi) is 4.79. The van der Waals surface area contributed by atoms with Crippen LogP contribution in [0.3, 0.4) is 0 Å². The van der Waals surface area contributed by atoms with E-state index in [1.54, 1.807) is 0 Å². The molecule has 0 aliphatic rings. The summed E-state index contributed by atoms with van der Waals surface area (Å²) >= 11 is 0. The molecule has 0 aliphatic heterocycles. The van der Waals surface area contributed by atoms with Crippen LogP contribution < -0.4 is 0 Å². The van der Waals surface area contributed by atoms with Gasteiger partial charge in [0.1, 0.15) is 11.7 Å². The van der Waals surface area contributed by atoms with Gasteiger partial charge in [0, 0.05) is 17.7 Å². The number of Topliss-reactive ketones (excluding diaryl/α,β-unsaturated/α-hetero) is 1. The fraction of sp³-hybridized carbons (Fsp3) is 0.333. The highest BCUT2D eigenvalue weighted by Crippen LogP contribution is 2.23. The predicted octanol–water partition coefficient (Wildman–Crippen LogP) is 2.85. The number of nitriles is 1. The molecule has 2 rings (SSSR count). The SMILES string of the molecule is Cc1nn(C(F)F)c(C)c1CC(=O)[C@@H](C#N)c1ccc(F)cn1. The summed E-state index contributed by atoms with van der Waals surface area (Å²) in [6, 6.07) is 4.17. The molecule has 5 nitrogen and oxygen atoms in total. The molecule has 0 amide bonds. The summed E-state index contributed by atoms with van der Waals surface area (Å²) in [6.45, 7) is 0.154. The molecule has 2 aromatic heterocycles. The van der Waals surface area contributed by atoms with Crippen LogP contribution in [0.25, 0.3) is 0 Å². The van der Waals surface area contributed by atoms with E-state index < -0.39 is 24.1 Å². The van der Waals surface area contributed by atoms with Crippen LogP contribution in [0.4, 0.5) is 13.2 Å². The Hall–Kier alpha value is -2.69. The number of aromatic nitrogens is 3. The Morgan fingerprint density at radius 2 is 2.09 bits per heavy atom. The third-order valence-electron chi connectivity index (χ3n) is 3.51. The topological polar surface area (TPSA) is 71.6 Å². The van der Waals surface area contributed by atoms with Crippen molar-refractivity contribution in [3.05, 3.63) is 46.8 Å². The number of hydrogen-bond acceptors (Lipinski definition) is 4. The van der Waals surface area contributed by atoms with E-state index in [4.69, 9.17) is 0 Å². The first-order chi connectivity index (χ1) is 10.8. The van der Waals surface area contributed by atoms with Crippen molar-refractivity contribution in [3.8, 4) is 6.07 Å². The zero-order valence-electron chi connectivity index (χ0n) is 12.4. The van der Waals surface area contributed by atoms with E-state index in [9.17, 15) is 23.2 Å². The number of alkyl halides is 2. The molecule has 8 heteroatoms. The van der Waals surface area contributed by atoms with Crippen molar-refractivity contribution in [2.75, 3.05) is 0 Å². The standard InChI is InChI=1S/C15H13F3N4O/c1-8-11(9(2)22(21-8)15(17)18)5-14(23)12(6-19)13-4-3-10(16)7-20-13/h3-4,7,12,15H,5H2,1-2H3/t12-/m0/s1. The fourth-order valence-electron chi connectivity index (χ4n) is 2.28. The van der Waals surface area contributed by atoms with Gasteiger partial charge < -0.3 is 0 Å². The molecule has 0 N–H and O–H groups in total. The zero-order chi connectivity index (χ0) is 17.1. The van der Waals surface area contributed by atoms with Crippen LogP contribution in [-0.4, -0.2) is 20.5 Å². The van der Waals surface area contributed by atoms with Crippen LogP contribution in [0, 0.1) is 31.0 Å². The van der Waals surface area contributed by atoms with Crippen molar-refractivity contribution in [3.63, 3.8) is 0 Å². The third-order valence-corrected chi connectivity index (χ3v) is 3.51. The average molecular weight is 322 g/mol. The quantitative estimate of drug-likeness (QED) is 0.848. The van der Waals surface area contributed by atoms with Crippen molar-refractivity contribution in [1.29, 1.82) is 5.26 Å². The van der Waals surface area contributed by atoms with E-state index in [0.717, 1.165) is 12.3 Å². The first-order valence-electron chi connectivity index (χ1n) is 6.71. The lowest BCUT2D eigenvalue weighted by atomic mass is 9.95. The number of nitrogens with zero attached hydrogens (tertiary/aromatic N) is 4. The van der Waals surface area contributed by atoms with Crippen LogP contribution in [0.5, 0.6) is 0 Å². The van der Waals surface area contributed by atoms with Gasteiger partial charge in [-0.2, -0.15) is 19.1 Å². The Balaban J connectivity index is 2.27. The molecule has 0 spiro atoms. The molecule has 23 heavy (non-hydrogen) atoms. The largest absolute Gasteiger partial charge is 0.333 e. The highest BCUT2D eigenvalue weighted by Gasteiger charge is 2.25. The molecular weight excluding hydrogens is 309 g/mol. The lowest BCUT2D eigenvalue weighted by molar-refractivity contribution is -0.118. The molecule has 0 radical (unpaired) electrons. The molecule has 0 saturated carbocycles. The normalized spacial score (nSPS) is 12.2. The predicted molar refractivity (Wildman–Crippen MR) is 74.2 cm³/mol. The molecule has 120 valence electrons. The van der Waals surface area contributed by atoms with Crippen LogP contribution >= 0.6 is 0 Å². The first-order valence-corrected chi connectivity index (χ1v) is 6.71. The van der Waals surface area contributed by atoms with Gasteiger partial charge in [-0.05, 0) is 26.0 Å². The minimum Gasteiger partial charge on any atom is -0.297 e. The van der Waals surface area contributed by atoms with Crippen LogP contribution in [0.2, 0.25) is 0 Å². The molecule has 0 fully saturated rings. The van der Waals surface area contributed by atoms with E-state index in [-0.39, 0.29) is 17.8 Å². The number of rotatable bonds is 5. The molecule has 2 aromatic rings. The van der Waals surface area contributed by atoms with Gasteiger partial charge in [0.2, 0.25) is 0 Å². The minimum absolute atomic E-state index is 0.121. The Bertz CT molecular complexity index is 762. The van der Waals surface area contributed by atoms with Gasteiger partial charge in [0.25, 0.3) is 0 Å². The molecule has 0 aliphatic carbocycles. The van der Waals surface area contributed by atoms with Gasteiger partial charge in [-0.1, -0.05) is 0 Å². The van der Waals surface area contributed by atoms with Crippen molar-refractivity contribution >= 4 is 5.78 Å². The van der Waals surface area contributed by atoms with Gasteiger partial charge in [0.05, 0.1) is 23.7 Å². The maximum atomic E-state index is 12.9. The van der Waals surface area contributed by atoms with Crippen molar-refractivity contribution in [2.24, 2.45) is 0 Å². The van der Waals surface area contributed by atoms with Gasteiger partial charge >= 0.3 is 6.55 Å². The van der Waals surface area contributed by atoms with Crippen LogP contribution in [0.1, 0.15) is 35.1 Å². The molecule has 2 heterocycles. The van der Waals surface area contributed by atoms with Crippen molar-refractivity contribution < 1.29 is 18.0 Å². The highest BCUT2D eigenvalue weighted by molar-refractivity contribution is 5.90. The second kappa shape index (κ2) is 6.60. The molecule has 0 unspecified atom stereocenters. The van der Waals surface area contributed by atoms with Crippen LogP contribution in [-0.2, 0) is 11.2 Å². The number of carbonyl (C=O) groups excluding carboxylic acids is 1. The second-order valence-electron chi connectivity index (χ2n) is 4.98. The lowest BCUT2D eigenvalue weighted by Gasteiger charge is -2.08. The Morgan fingerprint density at radius 1 is 1.39 bits per heavy atom. The molecular formula is C15H13F3N4O. The Labute approximate surface area is 130 Å². The molecule has 0 aromatic carbocycles. The van der Waals surface area contributed by atoms with E-state index >= 15 is 0 Å².